The molecule has 0 aliphatic heterocycles. The first kappa shape index (κ1) is 23.4. The molecule has 0 spiro atoms. The monoisotopic (exact) mass is 428 g/mol. The number of rotatable bonds is 6. The summed E-state index contributed by atoms with van der Waals surface area (Å²) in [4.78, 5) is 4.45. The first-order valence-electron chi connectivity index (χ1n) is 10.1. The molecule has 0 N–H and O–H groups in total. The fraction of sp³-hybridized carbons (Fsp3) is 0.308. The van der Waals surface area contributed by atoms with Crippen molar-refractivity contribution in [2.75, 3.05) is 41.3 Å². The Morgan fingerprint density at radius 3 is 2.28 bits per heavy atom. The van der Waals surface area contributed by atoms with Crippen LogP contribution in [0.3, 0.4) is 0 Å². The van der Waals surface area contributed by atoms with Crippen LogP contribution in [0.2, 0.25) is 0 Å². The topological polar surface area (TPSA) is 6.48 Å². The molecular weight excluding hydrogens is 396 g/mol. The van der Waals surface area contributed by atoms with Gasteiger partial charge in [0.25, 0.3) is 0 Å². The van der Waals surface area contributed by atoms with E-state index in [4.69, 9.17) is 0 Å². The molecule has 0 aliphatic rings. The molecule has 4 aromatic rings. The summed E-state index contributed by atoms with van der Waals surface area (Å²) in [6, 6.07) is 26.1. The molecule has 4 rings (SSSR count). The molecule has 0 aromatic heterocycles. The van der Waals surface area contributed by atoms with Crippen LogP contribution >= 0.6 is 0 Å². The second-order valence-electron chi connectivity index (χ2n) is 8.00. The Morgan fingerprint density at radius 1 is 0.793 bits per heavy atom. The van der Waals surface area contributed by atoms with Crippen LogP contribution in [0.5, 0.6) is 0 Å². The van der Waals surface area contributed by atoms with E-state index in [1.807, 2.05) is 0 Å². The molecular formula is C26H32FeN2-6. The van der Waals surface area contributed by atoms with E-state index in [1.54, 1.807) is 0 Å². The normalized spacial score (nSPS) is 11.0. The maximum absolute atomic E-state index is 2.24. The first-order valence-corrected chi connectivity index (χ1v) is 10.1. The number of hydrogen-bond donors (Lipinski definition) is 0. The van der Waals surface area contributed by atoms with Crippen molar-refractivity contribution in [1.82, 2.24) is 9.80 Å². The molecule has 4 aromatic carbocycles. The summed E-state index contributed by atoms with van der Waals surface area (Å²) in [6.45, 7) is 2.24. The Bertz CT molecular complexity index is 912. The Kier molecular flexibility index (Phi) is 9.13. The minimum absolute atomic E-state index is 0. The molecule has 160 valence electrons. The molecule has 0 aliphatic carbocycles. The van der Waals surface area contributed by atoms with Crippen molar-refractivity contribution in [2.45, 2.75) is 12.8 Å². The zero-order valence-corrected chi connectivity index (χ0v) is 19.1. The summed E-state index contributed by atoms with van der Waals surface area (Å²) in [7, 11) is 8.46. The summed E-state index contributed by atoms with van der Waals surface area (Å²) < 4.78 is 0. The van der Waals surface area contributed by atoms with Gasteiger partial charge < -0.3 is 44.3 Å². The van der Waals surface area contributed by atoms with E-state index in [0.29, 0.717) is 0 Å². The standard InChI is InChI=1S/2C13H16N.Fe/c2*1-14(2)10-9-12-8-7-11-5-3-4-6-13(11)12;/h2*3-8H,9-10H2,1-2H3;/q-5;-1;. The maximum Gasteiger partial charge on any atom is 0.000323 e. The van der Waals surface area contributed by atoms with Gasteiger partial charge in [0.05, 0.1) is 0 Å². The van der Waals surface area contributed by atoms with Crippen LogP contribution < -0.4 is 0 Å². The van der Waals surface area contributed by atoms with Crippen molar-refractivity contribution in [3.8, 4) is 0 Å². The van der Waals surface area contributed by atoms with Gasteiger partial charge in [-0.3, -0.25) is 6.07 Å². The average molecular weight is 428 g/mol. The maximum atomic E-state index is 2.24. The van der Waals surface area contributed by atoms with Gasteiger partial charge in [-0.2, -0.15) is 12.5 Å². The Balaban J connectivity index is 0.000000200. The predicted molar refractivity (Wildman–Crippen MR) is 124 cm³/mol. The van der Waals surface area contributed by atoms with Crippen LogP contribution in [0.1, 0.15) is 11.1 Å². The van der Waals surface area contributed by atoms with Crippen LogP contribution in [0.4, 0.5) is 0 Å². The molecule has 0 radical (unpaired) electrons. The first-order chi connectivity index (χ1) is 13.5. The molecule has 0 saturated carbocycles. The summed E-state index contributed by atoms with van der Waals surface area (Å²) in [5, 5.41) is 5.55. The Morgan fingerprint density at radius 2 is 1.52 bits per heavy atom. The molecule has 0 unspecified atom stereocenters. The van der Waals surface area contributed by atoms with Crippen LogP contribution in [-0.2, 0) is 29.9 Å². The van der Waals surface area contributed by atoms with Gasteiger partial charge >= 0.3 is 0 Å². The van der Waals surface area contributed by atoms with Crippen molar-refractivity contribution < 1.29 is 17.1 Å². The summed E-state index contributed by atoms with van der Waals surface area (Å²) >= 11 is 0. The summed E-state index contributed by atoms with van der Waals surface area (Å²) in [5.41, 5.74) is 2.93. The van der Waals surface area contributed by atoms with Crippen molar-refractivity contribution in [2.24, 2.45) is 0 Å². The van der Waals surface area contributed by atoms with Gasteiger partial charge in [-0.25, -0.2) is 6.07 Å². The van der Waals surface area contributed by atoms with Crippen LogP contribution in [0.15, 0.2) is 72.8 Å². The Hall–Kier alpha value is -1.90. The van der Waals surface area contributed by atoms with E-state index in [2.05, 4.69) is 111 Å². The van der Waals surface area contributed by atoms with E-state index in [1.165, 1.54) is 32.7 Å². The van der Waals surface area contributed by atoms with Gasteiger partial charge in [0.2, 0.25) is 0 Å². The number of fused-ring (bicyclic) bond motifs is 2. The molecule has 0 bridgehead atoms. The average Bonchev–Trinajstić information content (AvgIpc) is 3.29. The molecule has 3 heteroatoms. The van der Waals surface area contributed by atoms with Crippen LogP contribution in [0, 0.1) is 0 Å². The number of benzene rings is 2. The van der Waals surface area contributed by atoms with Gasteiger partial charge in [0.15, 0.2) is 0 Å². The minimum atomic E-state index is 0. The molecule has 0 amide bonds. The Labute approximate surface area is 186 Å². The van der Waals surface area contributed by atoms with E-state index < -0.39 is 0 Å². The SMILES string of the molecule is CN(C)CC[c-]1[cH-][cH-][c-]2cccc[c-]12.CN(C)CCc1ccc2cccc[c-]12.[Fe]. The van der Waals surface area contributed by atoms with Crippen LogP contribution in [-0.4, -0.2) is 51.1 Å². The predicted octanol–water partition coefficient (Wildman–Crippen LogP) is 5.32. The zero-order chi connectivity index (χ0) is 19.9. The van der Waals surface area contributed by atoms with Gasteiger partial charge in [0.1, 0.15) is 0 Å². The second-order valence-corrected chi connectivity index (χ2v) is 8.00. The second kappa shape index (κ2) is 11.3. The van der Waals surface area contributed by atoms with Crippen molar-refractivity contribution in [1.29, 1.82) is 0 Å². The van der Waals surface area contributed by atoms with E-state index in [-0.39, 0.29) is 17.1 Å². The van der Waals surface area contributed by atoms with E-state index in [0.717, 1.165) is 25.9 Å². The van der Waals surface area contributed by atoms with Crippen molar-refractivity contribution >= 4 is 21.5 Å². The fourth-order valence-corrected chi connectivity index (χ4v) is 3.55. The molecule has 29 heavy (non-hydrogen) atoms. The third kappa shape index (κ3) is 6.55. The van der Waals surface area contributed by atoms with Crippen LogP contribution in [0.25, 0.3) is 21.5 Å². The van der Waals surface area contributed by atoms with Crippen molar-refractivity contribution in [3.05, 3.63) is 83.9 Å². The summed E-state index contributed by atoms with van der Waals surface area (Å²) in [5.74, 6) is 0. The molecule has 0 atom stereocenters. The third-order valence-electron chi connectivity index (χ3n) is 5.20. The van der Waals surface area contributed by atoms with Gasteiger partial charge in [-0.1, -0.05) is 5.39 Å². The van der Waals surface area contributed by atoms with Gasteiger partial charge in [0, 0.05) is 23.6 Å². The van der Waals surface area contributed by atoms with Gasteiger partial charge in [-0.15, -0.1) is 47.3 Å². The largest absolute Gasteiger partial charge is 0.790 e. The number of likely N-dealkylation sites (N-methyl/N-ethyl adjacent to an activating group) is 2. The molecule has 0 heterocycles. The zero-order valence-electron chi connectivity index (χ0n) is 18.0. The molecule has 0 saturated heterocycles. The fourth-order valence-electron chi connectivity index (χ4n) is 3.55. The molecule has 2 nitrogen and oxygen atoms in total. The van der Waals surface area contributed by atoms with Gasteiger partial charge in [-0.05, 0) is 41.2 Å². The van der Waals surface area contributed by atoms with E-state index in [9.17, 15) is 0 Å². The molecule has 0 fully saturated rings. The quantitative estimate of drug-likeness (QED) is 0.303. The van der Waals surface area contributed by atoms with Crippen molar-refractivity contribution in [3.63, 3.8) is 0 Å². The van der Waals surface area contributed by atoms with E-state index >= 15 is 0 Å². The third-order valence-corrected chi connectivity index (χ3v) is 5.20. The number of nitrogens with zero attached hydrogens (tertiary/aromatic N) is 2. The minimum Gasteiger partial charge on any atom is -0.790 e. The number of hydrogen-bond acceptors (Lipinski definition) is 2. The smallest absolute Gasteiger partial charge is 0.000323 e. The summed E-state index contributed by atoms with van der Waals surface area (Å²) in [6.07, 6.45) is 2.28.